The molecule has 2 aliphatic rings. The third-order valence-electron chi connectivity index (χ3n) is 4.14. The monoisotopic (exact) mass is 258 g/mol. The molecule has 1 aromatic rings. The van der Waals surface area contributed by atoms with Crippen LogP contribution in [0.25, 0.3) is 0 Å². The Bertz CT molecular complexity index is 459. The van der Waals surface area contributed by atoms with E-state index >= 15 is 0 Å². The molecule has 0 N–H and O–H groups in total. The molecular formula is C17H22O2. The number of allylic oxidation sites excluding steroid dienone is 1. The average molecular weight is 258 g/mol. The summed E-state index contributed by atoms with van der Waals surface area (Å²) in [5, 5.41) is 0. The maximum absolute atomic E-state index is 5.96. The lowest BCUT2D eigenvalue weighted by molar-refractivity contribution is -0.0217. The van der Waals surface area contributed by atoms with Crippen LogP contribution in [0.5, 0.6) is 0 Å². The van der Waals surface area contributed by atoms with Gasteiger partial charge in [0.1, 0.15) is 6.10 Å². The van der Waals surface area contributed by atoms with E-state index < -0.39 is 0 Å². The summed E-state index contributed by atoms with van der Waals surface area (Å²) in [6, 6.07) is 10.3. The van der Waals surface area contributed by atoms with Gasteiger partial charge in [-0.3, -0.25) is 0 Å². The van der Waals surface area contributed by atoms with E-state index in [1.165, 1.54) is 23.1 Å². The van der Waals surface area contributed by atoms with E-state index in [4.69, 9.17) is 9.47 Å². The van der Waals surface area contributed by atoms with E-state index in [2.05, 4.69) is 26.0 Å². The Balaban J connectivity index is 1.56. The Hall–Kier alpha value is -1.12. The number of hydrogen-bond donors (Lipinski definition) is 0. The Morgan fingerprint density at radius 3 is 2.79 bits per heavy atom. The van der Waals surface area contributed by atoms with Gasteiger partial charge in [-0.2, -0.15) is 0 Å². The second-order valence-corrected chi connectivity index (χ2v) is 5.88. The van der Waals surface area contributed by atoms with Crippen molar-refractivity contribution in [3.8, 4) is 0 Å². The first-order chi connectivity index (χ1) is 9.25. The molecule has 3 atom stereocenters. The maximum atomic E-state index is 5.96. The number of benzene rings is 1. The molecule has 0 bridgehead atoms. The molecule has 2 nitrogen and oxygen atoms in total. The fraction of sp³-hybridized carbons (Fsp3) is 0.529. The quantitative estimate of drug-likeness (QED) is 0.769. The van der Waals surface area contributed by atoms with Crippen LogP contribution in [0, 0.1) is 11.8 Å². The van der Waals surface area contributed by atoms with Crippen molar-refractivity contribution >= 4 is 0 Å². The third kappa shape index (κ3) is 2.90. The summed E-state index contributed by atoms with van der Waals surface area (Å²) in [7, 11) is 0. The van der Waals surface area contributed by atoms with Gasteiger partial charge in [0.25, 0.3) is 0 Å². The van der Waals surface area contributed by atoms with Gasteiger partial charge in [0.2, 0.25) is 0 Å². The fourth-order valence-corrected chi connectivity index (χ4v) is 3.07. The predicted octanol–water partition coefficient (Wildman–Crippen LogP) is 3.57. The molecule has 0 aromatic heterocycles. The summed E-state index contributed by atoms with van der Waals surface area (Å²) in [5.41, 5.74) is 4.14. The normalized spacial score (nSPS) is 28.9. The van der Waals surface area contributed by atoms with E-state index in [1.807, 2.05) is 18.2 Å². The lowest BCUT2D eigenvalue weighted by Gasteiger charge is -2.27. The van der Waals surface area contributed by atoms with E-state index in [0.717, 1.165) is 18.4 Å². The minimum Gasteiger partial charge on any atom is -0.374 e. The van der Waals surface area contributed by atoms with Gasteiger partial charge in [0.05, 0.1) is 19.8 Å². The van der Waals surface area contributed by atoms with Crippen LogP contribution in [-0.2, 0) is 16.1 Å². The van der Waals surface area contributed by atoms with Gasteiger partial charge in [-0.1, -0.05) is 35.9 Å². The number of hydrogen-bond acceptors (Lipinski definition) is 2. The van der Waals surface area contributed by atoms with Crippen molar-refractivity contribution in [2.45, 2.75) is 33.0 Å². The van der Waals surface area contributed by atoms with Crippen molar-refractivity contribution in [1.82, 2.24) is 0 Å². The van der Waals surface area contributed by atoms with E-state index in [-0.39, 0.29) is 6.10 Å². The minimum absolute atomic E-state index is 0.178. The van der Waals surface area contributed by atoms with Crippen molar-refractivity contribution in [2.75, 3.05) is 13.2 Å². The zero-order chi connectivity index (χ0) is 13.2. The first-order valence-corrected chi connectivity index (χ1v) is 7.16. The van der Waals surface area contributed by atoms with Crippen LogP contribution in [0.1, 0.15) is 25.8 Å². The molecule has 0 radical (unpaired) electrons. The summed E-state index contributed by atoms with van der Waals surface area (Å²) in [6.07, 6.45) is 1.49. The van der Waals surface area contributed by atoms with Crippen molar-refractivity contribution < 1.29 is 9.47 Å². The average Bonchev–Trinajstić information content (AvgIpc) is 3.18. The molecule has 1 aliphatic heterocycles. The highest BCUT2D eigenvalue weighted by Crippen LogP contribution is 2.50. The standard InChI is InChI=1S/C17H22O2/c1-12(2)17-15-8-14(15)10-19-16(17)11-18-9-13-6-4-3-5-7-13/h3-7,14-16H,8-11H2,1-2H3/t14-,15-,16+/m1/s1. The Morgan fingerprint density at radius 1 is 1.26 bits per heavy atom. The van der Waals surface area contributed by atoms with Crippen LogP contribution in [0.15, 0.2) is 41.5 Å². The zero-order valence-corrected chi connectivity index (χ0v) is 11.8. The Kier molecular flexibility index (Phi) is 3.72. The van der Waals surface area contributed by atoms with Crippen molar-refractivity contribution in [3.05, 3.63) is 47.0 Å². The summed E-state index contributed by atoms with van der Waals surface area (Å²) in [5.74, 6) is 1.57. The van der Waals surface area contributed by atoms with Crippen LogP contribution < -0.4 is 0 Å². The van der Waals surface area contributed by atoms with E-state index in [9.17, 15) is 0 Å². The van der Waals surface area contributed by atoms with Gasteiger partial charge in [-0.05, 0) is 43.2 Å². The van der Waals surface area contributed by atoms with Gasteiger partial charge < -0.3 is 9.47 Å². The highest BCUT2D eigenvalue weighted by Gasteiger charge is 2.47. The van der Waals surface area contributed by atoms with Crippen LogP contribution in [0.4, 0.5) is 0 Å². The minimum atomic E-state index is 0.178. The molecule has 102 valence electrons. The molecule has 0 spiro atoms. The van der Waals surface area contributed by atoms with Crippen LogP contribution in [0.2, 0.25) is 0 Å². The smallest absolute Gasteiger partial charge is 0.102 e. The first kappa shape index (κ1) is 12.9. The van der Waals surface area contributed by atoms with Crippen LogP contribution >= 0.6 is 0 Å². The number of rotatable bonds is 4. The SMILES string of the molecule is CC(C)=C1[C@H](COCc2ccccc2)OC[C@H]2C[C@@H]12. The topological polar surface area (TPSA) is 18.5 Å². The van der Waals surface area contributed by atoms with Gasteiger partial charge in [-0.15, -0.1) is 0 Å². The van der Waals surface area contributed by atoms with E-state index in [1.54, 1.807) is 0 Å². The molecule has 19 heavy (non-hydrogen) atoms. The highest BCUT2D eigenvalue weighted by molar-refractivity contribution is 5.27. The third-order valence-corrected chi connectivity index (χ3v) is 4.14. The Labute approximate surface area is 115 Å². The highest BCUT2D eigenvalue weighted by atomic mass is 16.5. The summed E-state index contributed by atoms with van der Waals surface area (Å²) < 4.78 is 11.8. The molecule has 0 amide bonds. The van der Waals surface area contributed by atoms with Gasteiger partial charge in [0.15, 0.2) is 0 Å². The second kappa shape index (κ2) is 5.48. The largest absolute Gasteiger partial charge is 0.374 e. The molecule has 1 saturated heterocycles. The lowest BCUT2D eigenvalue weighted by atomic mass is 9.97. The van der Waals surface area contributed by atoms with Crippen molar-refractivity contribution in [1.29, 1.82) is 0 Å². The molecular weight excluding hydrogens is 236 g/mol. The number of fused-ring (bicyclic) bond motifs is 1. The van der Waals surface area contributed by atoms with Crippen molar-refractivity contribution in [3.63, 3.8) is 0 Å². The molecule has 1 saturated carbocycles. The molecule has 1 aliphatic carbocycles. The summed E-state index contributed by atoms with van der Waals surface area (Å²) in [6.45, 7) is 6.66. The molecule has 2 fully saturated rings. The second-order valence-electron chi connectivity index (χ2n) is 5.88. The molecule has 3 rings (SSSR count). The van der Waals surface area contributed by atoms with Gasteiger partial charge in [-0.25, -0.2) is 0 Å². The maximum Gasteiger partial charge on any atom is 0.102 e. The first-order valence-electron chi connectivity index (χ1n) is 7.16. The molecule has 1 aromatic carbocycles. The van der Waals surface area contributed by atoms with Crippen LogP contribution in [0.3, 0.4) is 0 Å². The van der Waals surface area contributed by atoms with E-state index in [0.29, 0.717) is 13.2 Å². The molecule has 2 heteroatoms. The predicted molar refractivity (Wildman–Crippen MR) is 75.8 cm³/mol. The molecule has 0 unspecified atom stereocenters. The van der Waals surface area contributed by atoms with Gasteiger partial charge in [0, 0.05) is 0 Å². The Morgan fingerprint density at radius 2 is 2.05 bits per heavy atom. The summed E-state index contributed by atoms with van der Waals surface area (Å²) >= 11 is 0. The number of ether oxygens (including phenoxy) is 2. The van der Waals surface area contributed by atoms with Crippen molar-refractivity contribution in [2.24, 2.45) is 11.8 Å². The van der Waals surface area contributed by atoms with Gasteiger partial charge >= 0.3 is 0 Å². The summed E-state index contributed by atoms with van der Waals surface area (Å²) in [4.78, 5) is 0. The molecule has 1 heterocycles. The lowest BCUT2D eigenvalue weighted by Crippen LogP contribution is -2.29. The fourth-order valence-electron chi connectivity index (χ4n) is 3.07. The van der Waals surface area contributed by atoms with Crippen LogP contribution in [-0.4, -0.2) is 19.3 Å². The zero-order valence-electron chi connectivity index (χ0n) is 11.8.